The van der Waals surface area contributed by atoms with Gasteiger partial charge in [0.25, 0.3) is 0 Å². The number of ether oxygens (including phenoxy) is 2. The van der Waals surface area contributed by atoms with E-state index in [2.05, 4.69) is 40.3 Å². The van der Waals surface area contributed by atoms with Gasteiger partial charge in [-0.1, -0.05) is 36.4 Å². The van der Waals surface area contributed by atoms with Crippen molar-refractivity contribution in [1.29, 1.82) is 0 Å². The number of hydrogen-bond acceptors (Lipinski definition) is 4. The smallest absolute Gasteiger partial charge is 0.124 e. The van der Waals surface area contributed by atoms with E-state index in [-0.39, 0.29) is 0 Å². The number of nitrogens with one attached hydrogen (secondary N) is 1. The SMILES string of the molecule is COc1ccccc1COCC(O)CN1CCC(c2c[nH]c3ccccc23)CC1. The molecule has 0 spiro atoms. The molecule has 2 heterocycles. The van der Waals surface area contributed by atoms with Crippen LogP contribution in [0.1, 0.15) is 29.9 Å². The van der Waals surface area contributed by atoms with Gasteiger partial charge in [0.1, 0.15) is 5.75 Å². The Labute approximate surface area is 172 Å². The number of aliphatic hydroxyl groups excluding tert-OH is 1. The normalized spacial score (nSPS) is 16.9. The summed E-state index contributed by atoms with van der Waals surface area (Å²) in [5, 5.41) is 11.7. The second-order valence-electron chi connectivity index (χ2n) is 7.85. The molecule has 0 bridgehead atoms. The van der Waals surface area contributed by atoms with Crippen molar-refractivity contribution in [2.75, 3.05) is 33.4 Å². The summed E-state index contributed by atoms with van der Waals surface area (Å²) in [6.45, 7) is 3.46. The average molecular weight is 395 g/mol. The molecule has 29 heavy (non-hydrogen) atoms. The van der Waals surface area contributed by atoms with Crippen molar-refractivity contribution in [3.8, 4) is 5.75 Å². The molecule has 2 N–H and O–H groups in total. The Morgan fingerprint density at radius 3 is 2.69 bits per heavy atom. The summed E-state index contributed by atoms with van der Waals surface area (Å²) in [6.07, 6.45) is 3.94. The molecule has 2 aromatic carbocycles. The van der Waals surface area contributed by atoms with E-state index in [1.54, 1.807) is 7.11 Å². The number of aromatic amines is 1. The van der Waals surface area contributed by atoms with Gasteiger partial charge in [-0.25, -0.2) is 0 Å². The third-order valence-corrected chi connectivity index (χ3v) is 5.88. The Balaban J connectivity index is 1.22. The van der Waals surface area contributed by atoms with Crippen LogP contribution in [-0.4, -0.2) is 54.4 Å². The molecule has 1 unspecified atom stereocenters. The molecule has 0 radical (unpaired) electrons. The van der Waals surface area contributed by atoms with Crippen LogP contribution in [0.2, 0.25) is 0 Å². The highest BCUT2D eigenvalue weighted by atomic mass is 16.5. The van der Waals surface area contributed by atoms with Crippen LogP contribution >= 0.6 is 0 Å². The van der Waals surface area contributed by atoms with Gasteiger partial charge in [-0.15, -0.1) is 0 Å². The van der Waals surface area contributed by atoms with E-state index in [1.807, 2.05) is 24.3 Å². The molecule has 1 atom stereocenters. The molecule has 1 saturated heterocycles. The monoisotopic (exact) mass is 394 g/mol. The number of aromatic nitrogens is 1. The van der Waals surface area contributed by atoms with E-state index >= 15 is 0 Å². The molecule has 0 aliphatic carbocycles. The summed E-state index contributed by atoms with van der Waals surface area (Å²) in [4.78, 5) is 5.74. The molecule has 1 aliphatic rings. The maximum absolute atomic E-state index is 10.4. The molecule has 3 aromatic rings. The number of H-pyrrole nitrogens is 1. The van der Waals surface area contributed by atoms with Gasteiger partial charge in [-0.2, -0.15) is 0 Å². The Kier molecular flexibility index (Phi) is 6.49. The van der Waals surface area contributed by atoms with E-state index in [4.69, 9.17) is 9.47 Å². The molecule has 154 valence electrons. The Morgan fingerprint density at radius 2 is 1.86 bits per heavy atom. The van der Waals surface area contributed by atoms with E-state index in [1.165, 1.54) is 16.5 Å². The highest BCUT2D eigenvalue weighted by Gasteiger charge is 2.24. The first-order valence-corrected chi connectivity index (χ1v) is 10.4. The first-order chi connectivity index (χ1) is 14.2. The first kappa shape index (κ1) is 20.0. The number of β-amino-alcohol motifs (C(OH)–C–C–N with tert-alkyl or cyclic N) is 1. The van der Waals surface area contributed by atoms with Crippen LogP contribution < -0.4 is 4.74 Å². The van der Waals surface area contributed by atoms with Crippen LogP contribution in [0.4, 0.5) is 0 Å². The third kappa shape index (κ3) is 4.81. The van der Waals surface area contributed by atoms with Crippen molar-refractivity contribution in [2.24, 2.45) is 0 Å². The van der Waals surface area contributed by atoms with Crippen molar-refractivity contribution in [3.05, 3.63) is 65.9 Å². The standard InChI is InChI=1S/C24H30N2O3/c1-28-24-9-5-2-6-19(24)16-29-17-20(27)15-26-12-10-18(11-13-26)22-14-25-23-8-4-3-7-21(22)23/h2-9,14,18,20,25,27H,10-13,15-17H2,1H3. The average Bonchev–Trinajstić information content (AvgIpc) is 3.19. The zero-order valence-corrected chi connectivity index (χ0v) is 17.0. The van der Waals surface area contributed by atoms with Crippen molar-refractivity contribution in [3.63, 3.8) is 0 Å². The fourth-order valence-electron chi connectivity index (χ4n) is 4.34. The predicted molar refractivity (Wildman–Crippen MR) is 115 cm³/mol. The Hall–Kier alpha value is -2.34. The maximum atomic E-state index is 10.4. The zero-order chi connectivity index (χ0) is 20.1. The Morgan fingerprint density at radius 1 is 1.10 bits per heavy atom. The second-order valence-corrected chi connectivity index (χ2v) is 7.85. The number of hydrogen-bond donors (Lipinski definition) is 2. The number of para-hydroxylation sites is 2. The van der Waals surface area contributed by atoms with Gasteiger partial charge in [-0.05, 0) is 49.5 Å². The lowest BCUT2D eigenvalue weighted by atomic mass is 9.89. The maximum Gasteiger partial charge on any atom is 0.124 e. The van der Waals surface area contributed by atoms with Gasteiger partial charge in [0, 0.05) is 29.2 Å². The van der Waals surface area contributed by atoms with Gasteiger partial charge in [0.05, 0.1) is 26.4 Å². The van der Waals surface area contributed by atoms with Crippen molar-refractivity contribution in [2.45, 2.75) is 31.5 Å². The Bertz CT molecular complexity index is 915. The van der Waals surface area contributed by atoms with Crippen LogP contribution in [0.15, 0.2) is 54.7 Å². The molecule has 4 rings (SSSR count). The minimum atomic E-state index is -0.477. The van der Waals surface area contributed by atoms with Gasteiger partial charge in [-0.3, -0.25) is 0 Å². The lowest BCUT2D eigenvalue weighted by Crippen LogP contribution is -2.39. The summed E-state index contributed by atoms with van der Waals surface area (Å²) >= 11 is 0. The number of aliphatic hydroxyl groups is 1. The van der Waals surface area contributed by atoms with Gasteiger partial charge >= 0.3 is 0 Å². The minimum Gasteiger partial charge on any atom is -0.496 e. The predicted octanol–water partition coefficient (Wildman–Crippen LogP) is 3.93. The van der Waals surface area contributed by atoms with E-state index in [0.717, 1.165) is 37.2 Å². The van der Waals surface area contributed by atoms with Crippen LogP contribution in [0.3, 0.4) is 0 Å². The highest BCUT2D eigenvalue weighted by Crippen LogP contribution is 2.33. The minimum absolute atomic E-state index is 0.334. The first-order valence-electron chi connectivity index (χ1n) is 10.4. The number of fused-ring (bicyclic) bond motifs is 1. The topological polar surface area (TPSA) is 57.7 Å². The van der Waals surface area contributed by atoms with Gasteiger partial charge in [0.15, 0.2) is 0 Å². The summed E-state index contributed by atoms with van der Waals surface area (Å²) in [5.74, 6) is 1.41. The van der Waals surface area contributed by atoms with Crippen LogP contribution in [0, 0.1) is 0 Å². The highest BCUT2D eigenvalue weighted by molar-refractivity contribution is 5.83. The number of benzene rings is 2. The van der Waals surface area contributed by atoms with Crippen molar-refractivity contribution in [1.82, 2.24) is 9.88 Å². The van der Waals surface area contributed by atoms with Crippen LogP contribution in [-0.2, 0) is 11.3 Å². The van der Waals surface area contributed by atoms with Crippen LogP contribution in [0.25, 0.3) is 10.9 Å². The number of rotatable bonds is 8. The number of methoxy groups -OCH3 is 1. The number of piperidine rings is 1. The van der Waals surface area contributed by atoms with E-state index in [9.17, 15) is 5.11 Å². The molecule has 0 saturated carbocycles. The largest absolute Gasteiger partial charge is 0.496 e. The fraction of sp³-hybridized carbons (Fsp3) is 0.417. The summed E-state index contributed by atoms with van der Waals surface area (Å²) < 4.78 is 11.1. The molecular weight excluding hydrogens is 364 g/mol. The van der Waals surface area contributed by atoms with Crippen molar-refractivity contribution < 1.29 is 14.6 Å². The summed E-state index contributed by atoms with van der Waals surface area (Å²) in [6, 6.07) is 16.3. The van der Waals surface area contributed by atoms with Crippen LogP contribution in [0.5, 0.6) is 5.75 Å². The molecule has 5 heteroatoms. The fourth-order valence-corrected chi connectivity index (χ4v) is 4.34. The zero-order valence-electron chi connectivity index (χ0n) is 17.0. The molecular formula is C24H30N2O3. The number of likely N-dealkylation sites (tertiary alicyclic amines) is 1. The molecule has 5 nitrogen and oxygen atoms in total. The number of nitrogens with zero attached hydrogens (tertiary/aromatic N) is 1. The quantitative estimate of drug-likeness (QED) is 0.608. The van der Waals surface area contributed by atoms with Crippen molar-refractivity contribution >= 4 is 10.9 Å². The van der Waals surface area contributed by atoms with Gasteiger partial charge < -0.3 is 24.5 Å². The molecule has 1 aliphatic heterocycles. The summed E-state index contributed by atoms with van der Waals surface area (Å²) in [7, 11) is 1.66. The molecule has 1 aromatic heterocycles. The lowest BCUT2D eigenvalue weighted by Gasteiger charge is -2.33. The second kappa shape index (κ2) is 9.44. The third-order valence-electron chi connectivity index (χ3n) is 5.88. The summed E-state index contributed by atoms with van der Waals surface area (Å²) in [5.41, 5.74) is 3.65. The molecule has 0 amide bonds. The lowest BCUT2D eigenvalue weighted by molar-refractivity contribution is 0.00578. The van der Waals surface area contributed by atoms with E-state index in [0.29, 0.717) is 25.7 Å². The molecule has 1 fully saturated rings. The van der Waals surface area contributed by atoms with E-state index < -0.39 is 6.10 Å². The van der Waals surface area contributed by atoms with Gasteiger partial charge in [0.2, 0.25) is 0 Å².